The summed E-state index contributed by atoms with van der Waals surface area (Å²) in [5.41, 5.74) is 3.34. The third kappa shape index (κ3) is 4.60. The number of amides is 3. The number of methoxy groups -OCH3 is 1. The number of piperidine rings is 1. The fourth-order valence-corrected chi connectivity index (χ4v) is 4.17. The summed E-state index contributed by atoms with van der Waals surface area (Å²) in [6, 6.07) is 14.7. The highest BCUT2D eigenvalue weighted by Crippen LogP contribution is 2.27. The number of ether oxygens (including phenoxy) is 1. The van der Waals surface area contributed by atoms with Crippen LogP contribution in [0.25, 0.3) is 0 Å². The van der Waals surface area contributed by atoms with E-state index in [1.165, 1.54) is 0 Å². The lowest BCUT2D eigenvalue weighted by atomic mass is 10.0. The molecule has 0 bridgehead atoms. The zero-order valence-electron chi connectivity index (χ0n) is 18.7. The number of amidine groups is 1. The zero-order valence-corrected chi connectivity index (χ0v) is 18.7. The average molecular weight is 436 g/mol. The molecule has 2 heterocycles. The summed E-state index contributed by atoms with van der Waals surface area (Å²) in [4.78, 5) is 34.4. The third-order valence-corrected chi connectivity index (χ3v) is 5.94. The van der Waals surface area contributed by atoms with Gasteiger partial charge in [0.2, 0.25) is 6.17 Å². The van der Waals surface area contributed by atoms with Crippen LogP contribution in [-0.2, 0) is 9.53 Å². The SMILES string of the molecule is COC1CCN(C2=NC(NC(=O)Nc3cccc(C)c3)C(=O)N(C)c3ccccc32)CC1. The van der Waals surface area contributed by atoms with Crippen molar-refractivity contribution in [2.75, 3.05) is 37.5 Å². The number of benzodiazepines with no additional fused rings is 1. The van der Waals surface area contributed by atoms with Gasteiger partial charge in [0, 0.05) is 38.5 Å². The van der Waals surface area contributed by atoms with Crippen molar-refractivity contribution < 1.29 is 14.3 Å². The molecule has 0 radical (unpaired) electrons. The Bertz CT molecular complexity index is 1030. The van der Waals surface area contributed by atoms with Crippen LogP contribution in [0.1, 0.15) is 24.0 Å². The van der Waals surface area contributed by atoms with Crippen molar-refractivity contribution in [1.29, 1.82) is 0 Å². The van der Waals surface area contributed by atoms with Crippen LogP contribution in [0.4, 0.5) is 16.2 Å². The number of nitrogens with zero attached hydrogens (tertiary/aromatic N) is 3. The van der Waals surface area contributed by atoms with Crippen molar-refractivity contribution >= 4 is 29.1 Å². The number of carbonyl (C=O) groups excluding carboxylic acids is 2. The molecule has 2 aromatic rings. The minimum atomic E-state index is -1.03. The maximum Gasteiger partial charge on any atom is 0.321 e. The highest BCUT2D eigenvalue weighted by molar-refractivity contribution is 6.12. The predicted octanol–water partition coefficient (Wildman–Crippen LogP) is 2.98. The van der Waals surface area contributed by atoms with E-state index in [4.69, 9.17) is 9.73 Å². The molecule has 4 rings (SSSR count). The predicted molar refractivity (Wildman–Crippen MR) is 125 cm³/mol. The summed E-state index contributed by atoms with van der Waals surface area (Å²) >= 11 is 0. The van der Waals surface area contributed by atoms with E-state index in [1.54, 1.807) is 25.1 Å². The second-order valence-electron chi connectivity index (χ2n) is 8.16. The second-order valence-corrected chi connectivity index (χ2v) is 8.16. The Morgan fingerprint density at radius 2 is 1.88 bits per heavy atom. The van der Waals surface area contributed by atoms with E-state index in [0.29, 0.717) is 11.5 Å². The molecule has 168 valence electrons. The minimum absolute atomic E-state index is 0.228. The van der Waals surface area contributed by atoms with Gasteiger partial charge in [0.1, 0.15) is 5.84 Å². The van der Waals surface area contributed by atoms with E-state index < -0.39 is 12.2 Å². The molecule has 2 aliphatic rings. The molecular formula is C24H29N5O3. The quantitative estimate of drug-likeness (QED) is 0.776. The van der Waals surface area contributed by atoms with Crippen LogP contribution in [0.2, 0.25) is 0 Å². The van der Waals surface area contributed by atoms with Crippen LogP contribution in [0, 0.1) is 6.92 Å². The Kier molecular flexibility index (Phi) is 6.41. The Balaban J connectivity index is 1.61. The largest absolute Gasteiger partial charge is 0.381 e. The topological polar surface area (TPSA) is 86.3 Å². The zero-order chi connectivity index (χ0) is 22.7. The summed E-state index contributed by atoms with van der Waals surface area (Å²) < 4.78 is 5.50. The number of nitrogens with one attached hydrogen (secondary N) is 2. The molecule has 8 heteroatoms. The number of carbonyl (C=O) groups is 2. The number of aliphatic imine (C=N–C) groups is 1. The summed E-state index contributed by atoms with van der Waals surface area (Å²) in [7, 11) is 3.45. The van der Waals surface area contributed by atoms with E-state index in [1.807, 2.05) is 49.4 Å². The number of likely N-dealkylation sites (tertiary alicyclic amines) is 1. The van der Waals surface area contributed by atoms with Crippen LogP contribution in [0.15, 0.2) is 53.5 Å². The van der Waals surface area contributed by atoms with Gasteiger partial charge in [-0.1, -0.05) is 24.3 Å². The van der Waals surface area contributed by atoms with Crippen LogP contribution in [-0.4, -0.2) is 62.2 Å². The summed E-state index contributed by atoms with van der Waals surface area (Å²) in [6.45, 7) is 3.49. The lowest BCUT2D eigenvalue weighted by molar-refractivity contribution is -0.119. The Morgan fingerprint density at radius 1 is 1.12 bits per heavy atom. The van der Waals surface area contributed by atoms with Gasteiger partial charge in [0.05, 0.1) is 11.8 Å². The molecule has 1 fully saturated rings. The van der Waals surface area contributed by atoms with Gasteiger partial charge in [-0.15, -0.1) is 0 Å². The number of hydrogen-bond acceptors (Lipinski definition) is 5. The second kappa shape index (κ2) is 9.40. The first-order chi connectivity index (χ1) is 15.5. The lowest BCUT2D eigenvalue weighted by Crippen LogP contribution is -2.48. The molecule has 0 spiro atoms. The number of anilines is 2. The van der Waals surface area contributed by atoms with Gasteiger partial charge in [-0.3, -0.25) is 4.79 Å². The fraction of sp³-hybridized carbons (Fsp3) is 0.375. The van der Waals surface area contributed by atoms with Crippen LogP contribution >= 0.6 is 0 Å². The highest BCUT2D eigenvalue weighted by Gasteiger charge is 2.33. The molecule has 3 amide bonds. The molecule has 32 heavy (non-hydrogen) atoms. The first-order valence-electron chi connectivity index (χ1n) is 10.8. The van der Waals surface area contributed by atoms with Crippen LogP contribution < -0.4 is 15.5 Å². The normalized spacial score (nSPS) is 19.2. The first kappa shape index (κ1) is 21.8. The molecule has 0 aromatic heterocycles. The molecule has 0 aliphatic carbocycles. The molecule has 1 saturated heterocycles. The van der Waals surface area contributed by atoms with E-state index >= 15 is 0 Å². The average Bonchev–Trinajstić information content (AvgIpc) is 2.90. The fourth-order valence-electron chi connectivity index (χ4n) is 4.17. The molecule has 2 aliphatic heterocycles. The molecule has 0 saturated carbocycles. The van der Waals surface area contributed by atoms with Crippen LogP contribution in [0.5, 0.6) is 0 Å². The first-order valence-corrected chi connectivity index (χ1v) is 10.8. The molecule has 2 aromatic carbocycles. The molecule has 8 nitrogen and oxygen atoms in total. The van der Waals surface area contributed by atoms with E-state index in [-0.39, 0.29) is 12.0 Å². The molecular weight excluding hydrogens is 406 g/mol. The number of fused-ring (bicyclic) bond motifs is 1. The monoisotopic (exact) mass is 435 g/mol. The maximum absolute atomic E-state index is 13.2. The Labute approximate surface area is 188 Å². The molecule has 1 unspecified atom stereocenters. The van der Waals surface area contributed by atoms with E-state index in [2.05, 4.69) is 15.5 Å². The van der Waals surface area contributed by atoms with Gasteiger partial charge in [-0.2, -0.15) is 0 Å². The van der Waals surface area contributed by atoms with Gasteiger partial charge < -0.3 is 25.2 Å². The summed E-state index contributed by atoms with van der Waals surface area (Å²) in [5.74, 6) is 0.423. The summed E-state index contributed by atoms with van der Waals surface area (Å²) in [6.07, 6.45) is 0.958. The lowest BCUT2D eigenvalue weighted by Gasteiger charge is -2.34. The van der Waals surface area contributed by atoms with Crippen molar-refractivity contribution in [1.82, 2.24) is 10.2 Å². The maximum atomic E-state index is 13.2. The molecule has 2 N–H and O–H groups in total. The number of aryl methyl sites for hydroxylation is 1. The standard InChI is InChI=1S/C24H29N5O3/c1-16-7-6-8-17(15-16)25-24(31)27-21-23(30)28(2)20-10-5-4-9-19(20)22(26-21)29-13-11-18(32-3)12-14-29/h4-10,15,18,21H,11-14H2,1-3H3,(H2,25,27,31). The van der Waals surface area contributed by atoms with Gasteiger partial charge in [-0.05, 0) is 49.6 Å². The van der Waals surface area contributed by atoms with Crippen molar-refractivity contribution in [3.63, 3.8) is 0 Å². The Hall–Kier alpha value is -3.39. The van der Waals surface area contributed by atoms with Crippen molar-refractivity contribution in [2.45, 2.75) is 32.0 Å². The smallest absolute Gasteiger partial charge is 0.321 e. The summed E-state index contributed by atoms with van der Waals surface area (Å²) in [5, 5.41) is 5.55. The number of benzene rings is 2. The number of urea groups is 1. The highest BCUT2D eigenvalue weighted by atomic mass is 16.5. The molecule has 1 atom stereocenters. The minimum Gasteiger partial charge on any atom is -0.381 e. The van der Waals surface area contributed by atoms with Crippen molar-refractivity contribution in [2.24, 2.45) is 4.99 Å². The Morgan fingerprint density at radius 3 is 2.59 bits per heavy atom. The number of hydrogen-bond donors (Lipinski definition) is 2. The van der Waals surface area contributed by atoms with Gasteiger partial charge >= 0.3 is 6.03 Å². The van der Waals surface area contributed by atoms with Gasteiger partial charge in [0.15, 0.2) is 0 Å². The van der Waals surface area contributed by atoms with Crippen molar-refractivity contribution in [3.05, 3.63) is 59.7 Å². The number of rotatable bonds is 3. The third-order valence-electron chi connectivity index (χ3n) is 5.94. The van der Waals surface area contributed by atoms with E-state index in [9.17, 15) is 9.59 Å². The number of likely N-dealkylation sites (N-methyl/N-ethyl adjacent to an activating group) is 1. The number of para-hydroxylation sites is 1. The van der Waals surface area contributed by atoms with Gasteiger partial charge in [0.25, 0.3) is 5.91 Å². The van der Waals surface area contributed by atoms with E-state index in [0.717, 1.165) is 42.7 Å². The van der Waals surface area contributed by atoms with Crippen LogP contribution in [0.3, 0.4) is 0 Å². The van der Waals surface area contributed by atoms with Crippen molar-refractivity contribution in [3.8, 4) is 0 Å². The van der Waals surface area contributed by atoms with Gasteiger partial charge in [-0.25, -0.2) is 9.79 Å².